The van der Waals surface area contributed by atoms with Crippen molar-refractivity contribution in [2.75, 3.05) is 0 Å². The lowest BCUT2D eigenvalue weighted by Gasteiger charge is -2.41. The molecule has 1 saturated carbocycles. The van der Waals surface area contributed by atoms with Gasteiger partial charge in [-0.15, -0.1) is 0 Å². The van der Waals surface area contributed by atoms with Gasteiger partial charge in [0.1, 0.15) is 5.54 Å². The summed E-state index contributed by atoms with van der Waals surface area (Å²) in [5.74, 6) is 0.297. The minimum absolute atomic E-state index is 0.145. The fourth-order valence-electron chi connectivity index (χ4n) is 3.02. The van der Waals surface area contributed by atoms with Crippen LogP contribution in [0.5, 0.6) is 0 Å². The van der Waals surface area contributed by atoms with Gasteiger partial charge >= 0.3 is 0 Å². The molecule has 2 aliphatic rings. The molecular weight excluding hydrogens is 228 g/mol. The van der Waals surface area contributed by atoms with Crippen LogP contribution in [0.1, 0.15) is 58.3 Å². The molecule has 4 nitrogen and oxygen atoms in total. The molecule has 0 atom stereocenters. The van der Waals surface area contributed by atoms with Crippen molar-refractivity contribution in [2.45, 2.75) is 63.8 Å². The minimum Gasteiger partial charge on any atom is -0.274 e. The number of likely N-dealkylation sites (tertiary alicyclic amines) is 1. The maximum absolute atomic E-state index is 12.1. The number of hydrogen-bond acceptors (Lipinski definition) is 3. The van der Waals surface area contributed by atoms with Gasteiger partial charge in [-0.2, -0.15) is 5.26 Å². The average Bonchev–Trinajstić information content (AvgIpc) is 2.53. The van der Waals surface area contributed by atoms with E-state index < -0.39 is 5.54 Å². The van der Waals surface area contributed by atoms with Crippen molar-refractivity contribution in [2.24, 2.45) is 5.92 Å². The number of nitriles is 1. The van der Waals surface area contributed by atoms with Crippen LogP contribution in [0, 0.1) is 17.2 Å². The summed E-state index contributed by atoms with van der Waals surface area (Å²) < 4.78 is 0. The van der Waals surface area contributed by atoms with Gasteiger partial charge in [-0.3, -0.25) is 14.5 Å². The molecule has 2 fully saturated rings. The van der Waals surface area contributed by atoms with E-state index in [4.69, 9.17) is 0 Å². The quantitative estimate of drug-likeness (QED) is 0.669. The molecule has 4 heteroatoms. The molecule has 18 heavy (non-hydrogen) atoms. The van der Waals surface area contributed by atoms with E-state index >= 15 is 0 Å². The standard InChI is InChI=1S/C14H20N2O2/c1-11-6-8-14(10-15,9-7-11)16-12(17)4-2-3-5-13(16)18/h11H,2-9H2,1H3. The number of carbonyl (C=O) groups is 2. The predicted molar refractivity (Wildman–Crippen MR) is 66.3 cm³/mol. The maximum atomic E-state index is 12.1. The highest BCUT2D eigenvalue weighted by Crippen LogP contribution is 2.37. The van der Waals surface area contributed by atoms with Gasteiger partial charge in [0.25, 0.3) is 0 Å². The summed E-state index contributed by atoms with van der Waals surface area (Å²) in [6.45, 7) is 2.16. The fraction of sp³-hybridized carbons (Fsp3) is 0.786. The number of imide groups is 1. The van der Waals surface area contributed by atoms with E-state index in [0.29, 0.717) is 31.6 Å². The molecule has 0 aromatic heterocycles. The van der Waals surface area contributed by atoms with Crippen molar-refractivity contribution in [1.29, 1.82) is 5.26 Å². The van der Waals surface area contributed by atoms with Crippen LogP contribution in [0.3, 0.4) is 0 Å². The Morgan fingerprint density at radius 2 is 1.67 bits per heavy atom. The van der Waals surface area contributed by atoms with E-state index in [1.54, 1.807) is 0 Å². The summed E-state index contributed by atoms with van der Waals surface area (Å²) in [5.41, 5.74) is -0.856. The molecule has 2 amide bonds. The van der Waals surface area contributed by atoms with Crippen molar-refractivity contribution in [1.82, 2.24) is 4.90 Å². The molecule has 1 saturated heterocycles. The van der Waals surface area contributed by atoms with Gasteiger partial charge in [-0.1, -0.05) is 6.92 Å². The first-order chi connectivity index (χ1) is 8.59. The van der Waals surface area contributed by atoms with E-state index in [9.17, 15) is 14.9 Å². The van der Waals surface area contributed by atoms with Crippen LogP contribution in [0.4, 0.5) is 0 Å². The normalized spacial score (nSPS) is 34.0. The number of hydrogen-bond donors (Lipinski definition) is 0. The monoisotopic (exact) mass is 248 g/mol. The minimum atomic E-state index is -0.856. The van der Waals surface area contributed by atoms with Crippen LogP contribution in [-0.2, 0) is 9.59 Å². The first-order valence-corrected chi connectivity index (χ1v) is 6.86. The van der Waals surface area contributed by atoms with E-state index in [1.165, 1.54) is 4.90 Å². The Balaban J connectivity index is 2.27. The lowest BCUT2D eigenvalue weighted by atomic mass is 9.76. The fourth-order valence-corrected chi connectivity index (χ4v) is 3.02. The molecule has 2 rings (SSSR count). The lowest BCUT2D eigenvalue weighted by molar-refractivity contribution is -0.150. The summed E-state index contributed by atoms with van der Waals surface area (Å²) in [7, 11) is 0. The maximum Gasteiger partial charge on any atom is 0.230 e. The van der Waals surface area contributed by atoms with Gasteiger partial charge in [0.2, 0.25) is 11.8 Å². The van der Waals surface area contributed by atoms with Crippen molar-refractivity contribution in [3.05, 3.63) is 0 Å². The van der Waals surface area contributed by atoms with Crippen LogP contribution < -0.4 is 0 Å². The molecule has 0 N–H and O–H groups in total. The van der Waals surface area contributed by atoms with Crippen molar-refractivity contribution < 1.29 is 9.59 Å². The van der Waals surface area contributed by atoms with Gasteiger partial charge in [-0.25, -0.2) is 0 Å². The molecule has 0 unspecified atom stereocenters. The van der Waals surface area contributed by atoms with E-state index in [1.807, 2.05) is 0 Å². The Morgan fingerprint density at radius 1 is 1.17 bits per heavy atom. The Hall–Kier alpha value is -1.37. The van der Waals surface area contributed by atoms with Crippen molar-refractivity contribution >= 4 is 11.8 Å². The highest BCUT2D eigenvalue weighted by Gasteiger charge is 2.45. The molecule has 0 bridgehead atoms. The van der Waals surface area contributed by atoms with Crippen LogP contribution in [0.2, 0.25) is 0 Å². The Labute approximate surface area is 108 Å². The van der Waals surface area contributed by atoms with Crippen LogP contribution in [0.25, 0.3) is 0 Å². The molecule has 1 aliphatic carbocycles. The highest BCUT2D eigenvalue weighted by molar-refractivity contribution is 5.97. The van der Waals surface area contributed by atoms with Gasteiger partial charge in [0.05, 0.1) is 6.07 Å². The third-order valence-electron chi connectivity index (χ3n) is 4.27. The van der Waals surface area contributed by atoms with Gasteiger partial charge < -0.3 is 0 Å². The lowest BCUT2D eigenvalue weighted by Crippen LogP contribution is -2.55. The zero-order chi connectivity index (χ0) is 13.2. The zero-order valence-corrected chi connectivity index (χ0v) is 10.9. The van der Waals surface area contributed by atoms with Crippen molar-refractivity contribution in [3.63, 3.8) is 0 Å². The average molecular weight is 248 g/mol. The molecule has 0 aromatic carbocycles. The molecule has 1 heterocycles. The van der Waals surface area contributed by atoms with Crippen molar-refractivity contribution in [3.8, 4) is 6.07 Å². The van der Waals surface area contributed by atoms with Gasteiger partial charge in [-0.05, 0) is 44.4 Å². The molecular formula is C14H20N2O2. The van der Waals surface area contributed by atoms with Crippen LogP contribution >= 0.6 is 0 Å². The van der Waals surface area contributed by atoms with Gasteiger partial charge in [0, 0.05) is 12.8 Å². The third-order valence-corrected chi connectivity index (χ3v) is 4.27. The molecule has 0 spiro atoms. The number of rotatable bonds is 1. The van der Waals surface area contributed by atoms with E-state index in [2.05, 4.69) is 13.0 Å². The molecule has 0 aromatic rings. The summed E-state index contributed by atoms with van der Waals surface area (Å²) >= 11 is 0. The summed E-state index contributed by atoms with van der Waals surface area (Å²) in [6.07, 6.45) is 5.47. The molecule has 1 aliphatic heterocycles. The number of amides is 2. The van der Waals surface area contributed by atoms with Crippen LogP contribution in [0.15, 0.2) is 0 Å². The first-order valence-electron chi connectivity index (χ1n) is 6.86. The predicted octanol–water partition coefficient (Wildman–Crippen LogP) is 2.39. The number of nitrogens with zero attached hydrogens (tertiary/aromatic N) is 2. The molecule has 98 valence electrons. The largest absolute Gasteiger partial charge is 0.274 e. The summed E-state index contributed by atoms with van der Waals surface area (Å²) in [5, 5.41) is 9.51. The second-order valence-electron chi connectivity index (χ2n) is 5.66. The van der Waals surface area contributed by atoms with E-state index in [0.717, 1.165) is 25.7 Å². The summed E-state index contributed by atoms with van der Waals surface area (Å²) in [6, 6.07) is 2.28. The van der Waals surface area contributed by atoms with Crippen LogP contribution in [-0.4, -0.2) is 22.3 Å². The Bertz CT molecular complexity index is 371. The third kappa shape index (κ3) is 2.27. The summed E-state index contributed by atoms with van der Waals surface area (Å²) in [4.78, 5) is 25.6. The number of carbonyl (C=O) groups excluding carboxylic acids is 2. The smallest absolute Gasteiger partial charge is 0.230 e. The topological polar surface area (TPSA) is 61.2 Å². The second-order valence-corrected chi connectivity index (χ2v) is 5.66. The Kier molecular flexibility index (Phi) is 3.70. The SMILES string of the molecule is CC1CCC(C#N)(N2C(=O)CCCCC2=O)CC1. The second kappa shape index (κ2) is 5.09. The molecule has 0 radical (unpaired) electrons. The highest BCUT2D eigenvalue weighted by atomic mass is 16.2. The first kappa shape index (κ1) is 13.1. The zero-order valence-electron chi connectivity index (χ0n) is 10.9. The van der Waals surface area contributed by atoms with Gasteiger partial charge in [0.15, 0.2) is 0 Å². The van der Waals surface area contributed by atoms with E-state index in [-0.39, 0.29) is 11.8 Å². The Morgan fingerprint density at radius 3 is 2.11 bits per heavy atom.